The third kappa shape index (κ3) is 4.05. The van der Waals surface area contributed by atoms with Gasteiger partial charge in [-0.3, -0.25) is 9.59 Å². The molecule has 0 aromatic heterocycles. The van der Waals surface area contributed by atoms with E-state index in [1.54, 1.807) is 4.90 Å². The summed E-state index contributed by atoms with van der Waals surface area (Å²) < 4.78 is 0. The van der Waals surface area contributed by atoms with Crippen LogP contribution in [0.1, 0.15) is 55.3 Å². The normalized spacial score (nSPS) is 21.1. The smallest absolute Gasteiger partial charge is 0.254 e. The third-order valence-electron chi connectivity index (χ3n) is 4.96. The second kappa shape index (κ2) is 8.13. The zero-order chi connectivity index (χ0) is 16.8. The van der Waals surface area contributed by atoms with Gasteiger partial charge >= 0.3 is 0 Å². The molecule has 0 radical (unpaired) electrons. The number of carbonyl (C=O) groups excluding carboxylic acids is 2. The van der Waals surface area contributed by atoms with Crippen molar-refractivity contribution in [3.05, 3.63) is 47.5 Å². The lowest BCUT2D eigenvalue weighted by molar-refractivity contribution is -0.126. The highest BCUT2D eigenvalue weighted by Crippen LogP contribution is 2.21. The third-order valence-corrected chi connectivity index (χ3v) is 4.96. The molecular formula is C20H26N2O2. The van der Waals surface area contributed by atoms with Gasteiger partial charge in [-0.05, 0) is 57.1 Å². The summed E-state index contributed by atoms with van der Waals surface area (Å²) in [6, 6.07) is 8.92. The van der Waals surface area contributed by atoms with Gasteiger partial charge in [0.05, 0.1) is 0 Å². The molecule has 2 amide bonds. The van der Waals surface area contributed by atoms with Gasteiger partial charge in [-0.2, -0.15) is 0 Å². The molecule has 0 spiro atoms. The Bertz CT molecular complexity index is 609. The summed E-state index contributed by atoms with van der Waals surface area (Å²) in [4.78, 5) is 27.2. The summed E-state index contributed by atoms with van der Waals surface area (Å²) in [6.45, 7) is 1.29. The van der Waals surface area contributed by atoms with E-state index in [0.717, 1.165) is 32.1 Å². The number of rotatable bonds is 4. The van der Waals surface area contributed by atoms with Gasteiger partial charge in [0.25, 0.3) is 5.91 Å². The molecular weight excluding hydrogens is 300 g/mol. The van der Waals surface area contributed by atoms with E-state index < -0.39 is 0 Å². The van der Waals surface area contributed by atoms with Gasteiger partial charge in [0.1, 0.15) is 6.04 Å². The second-order valence-corrected chi connectivity index (χ2v) is 6.70. The Hall–Kier alpha value is -2.10. The summed E-state index contributed by atoms with van der Waals surface area (Å²) in [5.41, 5.74) is 1.98. The minimum atomic E-state index is -0.337. The minimum absolute atomic E-state index is 0.00884. The van der Waals surface area contributed by atoms with Gasteiger partial charge in [-0.25, -0.2) is 0 Å². The van der Waals surface area contributed by atoms with Crippen molar-refractivity contribution in [2.75, 3.05) is 13.1 Å². The van der Waals surface area contributed by atoms with E-state index in [9.17, 15) is 9.59 Å². The molecule has 0 bridgehead atoms. The molecule has 1 N–H and O–H groups in total. The Balaban J connectivity index is 1.64. The van der Waals surface area contributed by atoms with Gasteiger partial charge in [0.15, 0.2) is 0 Å². The maximum absolute atomic E-state index is 12.8. The number of likely N-dealkylation sites (tertiary alicyclic amines) is 1. The molecule has 1 fully saturated rings. The summed E-state index contributed by atoms with van der Waals surface area (Å²) in [6.07, 6.45) is 9.63. The van der Waals surface area contributed by atoms with Gasteiger partial charge in [-0.1, -0.05) is 29.8 Å². The largest absolute Gasteiger partial charge is 0.351 e. The number of carbonyl (C=O) groups is 2. The standard InChI is InChI=1S/C20H26N2O2/c23-19(21-15-16-9-3-1-4-10-16)18-13-7-8-14-22(18)20(24)17-11-5-2-6-12-17/h2,5-6,9,11-12,18H,1,3-4,7-8,10,13-15H2,(H,21,23). The minimum Gasteiger partial charge on any atom is -0.351 e. The van der Waals surface area contributed by atoms with Gasteiger partial charge in [0.2, 0.25) is 5.91 Å². The fourth-order valence-electron chi connectivity index (χ4n) is 3.58. The van der Waals surface area contributed by atoms with Crippen LogP contribution in [-0.4, -0.2) is 35.8 Å². The molecule has 0 saturated carbocycles. The zero-order valence-electron chi connectivity index (χ0n) is 14.2. The molecule has 1 aromatic rings. The van der Waals surface area contributed by atoms with Crippen LogP contribution in [-0.2, 0) is 4.79 Å². The summed E-state index contributed by atoms with van der Waals surface area (Å²) in [7, 11) is 0. The Morgan fingerprint density at radius 3 is 2.67 bits per heavy atom. The Labute approximate surface area is 143 Å². The molecule has 1 aliphatic carbocycles. The summed E-state index contributed by atoms with van der Waals surface area (Å²) in [5.74, 6) is -0.0437. The number of hydrogen-bond donors (Lipinski definition) is 1. The van der Waals surface area contributed by atoms with E-state index in [1.165, 1.54) is 18.4 Å². The highest BCUT2D eigenvalue weighted by molar-refractivity contribution is 5.97. The van der Waals surface area contributed by atoms with Crippen LogP contribution >= 0.6 is 0 Å². The van der Waals surface area contributed by atoms with Crippen molar-refractivity contribution in [2.45, 2.75) is 51.0 Å². The van der Waals surface area contributed by atoms with Crippen molar-refractivity contribution in [1.29, 1.82) is 0 Å². The Kier molecular flexibility index (Phi) is 5.68. The van der Waals surface area contributed by atoms with E-state index in [-0.39, 0.29) is 17.9 Å². The second-order valence-electron chi connectivity index (χ2n) is 6.70. The summed E-state index contributed by atoms with van der Waals surface area (Å²) >= 11 is 0. The molecule has 3 rings (SSSR count). The maximum Gasteiger partial charge on any atom is 0.254 e. The van der Waals surface area contributed by atoms with Crippen LogP contribution in [0, 0.1) is 0 Å². The van der Waals surface area contributed by atoms with Crippen molar-refractivity contribution in [2.24, 2.45) is 0 Å². The average Bonchev–Trinajstić information content (AvgIpc) is 2.67. The lowest BCUT2D eigenvalue weighted by Gasteiger charge is -2.35. The lowest BCUT2D eigenvalue weighted by atomic mass is 9.98. The first-order chi connectivity index (χ1) is 11.8. The van der Waals surface area contributed by atoms with Crippen LogP contribution in [0.3, 0.4) is 0 Å². The van der Waals surface area contributed by atoms with Crippen LogP contribution in [0.5, 0.6) is 0 Å². The van der Waals surface area contributed by atoms with Gasteiger partial charge < -0.3 is 10.2 Å². The fourth-order valence-corrected chi connectivity index (χ4v) is 3.58. The summed E-state index contributed by atoms with van der Waals surface area (Å²) in [5, 5.41) is 3.06. The van der Waals surface area contributed by atoms with Crippen molar-refractivity contribution < 1.29 is 9.59 Å². The molecule has 1 heterocycles. The molecule has 1 saturated heterocycles. The SMILES string of the molecule is O=C(NCC1=CCCCC1)C1CCCCN1C(=O)c1ccccc1. The predicted octanol–water partition coefficient (Wildman–Crippen LogP) is 3.30. The van der Waals surface area contributed by atoms with Crippen LogP contribution < -0.4 is 5.32 Å². The molecule has 2 aliphatic rings. The molecule has 1 unspecified atom stereocenters. The monoisotopic (exact) mass is 326 g/mol. The van der Waals surface area contributed by atoms with E-state index in [0.29, 0.717) is 18.7 Å². The van der Waals surface area contributed by atoms with Gasteiger partial charge in [-0.15, -0.1) is 0 Å². The van der Waals surface area contributed by atoms with Crippen molar-refractivity contribution in [3.8, 4) is 0 Å². The highest BCUT2D eigenvalue weighted by Gasteiger charge is 2.32. The average molecular weight is 326 g/mol. The van der Waals surface area contributed by atoms with Crippen molar-refractivity contribution in [1.82, 2.24) is 10.2 Å². The first-order valence-electron chi connectivity index (χ1n) is 9.07. The lowest BCUT2D eigenvalue weighted by Crippen LogP contribution is -2.52. The molecule has 24 heavy (non-hydrogen) atoms. The van der Waals surface area contributed by atoms with E-state index in [4.69, 9.17) is 0 Å². The zero-order valence-corrected chi connectivity index (χ0v) is 14.2. The van der Waals surface area contributed by atoms with Crippen LogP contribution in [0.25, 0.3) is 0 Å². The molecule has 4 nitrogen and oxygen atoms in total. The Morgan fingerprint density at radius 2 is 1.92 bits per heavy atom. The predicted molar refractivity (Wildman–Crippen MR) is 94.7 cm³/mol. The quantitative estimate of drug-likeness (QED) is 0.863. The van der Waals surface area contributed by atoms with E-state index in [2.05, 4.69) is 11.4 Å². The van der Waals surface area contributed by atoms with Gasteiger partial charge in [0, 0.05) is 18.7 Å². The number of benzene rings is 1. The number of piperidine rings is 1. The fraction of sp³-hybridized carbons (Fsp3) is 0.500. The number of hydrogen-bond acceptors (Lipinski definition) is 2. The van der Waals surface area contributed by atoms with Crippen LogP contribution in [0.15, 0.2) is 42.0 Å². The molecule has 128 valence electrons. The molecule has 1 aromatic carbocycles. The first-order valence-corrected chi connectivity index (χ1v) is 9.07. The maximum atomic E-state index is 12.8. The van der Waals surface area contributed by atoms with Crippen LogP contribution in [0.2, 0.25) is 0 Å². The van der Waals surface area contributed by atoms with Crippen molar-refractivity contribution >= 4 is 11.8 Å². The van der Waals surface area contributed by atoms with E-state index >= 15 is 0 Å². The van der Waals surface area contributed by atoms with Crippen molar-refractivity contribution in [3.63, 3.8) is 0 Å². The van der Waals surface area contributed by atoms with E-state index in [1.807, 2.05) is 30.3 Å². The number of nitrogens with one attached hydrogen (secondary N) is 1. The molecule has 1 atom stereocenters. The number of nitrogens with zero attached hydrogens (tertiary/aromatic N) is 1. The van der Waals surface area contributed by atoms with Crippen LogP contribution in [0.4, 0.5) is 0 Å². The Morgan fingerprint density at radius 1 is 1.08 bits per heavy atom. The first kappa shape index (κ1) is 16.7. The highest BCUT2D eigenvalue weighted by atomic mass is 16.2. The number of allylic oxidation sites excluding steroid dienone is 1. The molecule has 1 aliphatic heterocycles. The molecule has 4 heteroatoms. The topological polar surface area (TPSA) is 49.4 Å². The number of amides is 2.